The summed E-state index contributed by atoms with van der Waals surface area (Å²) in [5, 5.41) is 0. The second-order valence-corrected chi connectivity index (χ2v) is 5.24. The van der Waals surface area contributed by atoms with Crippen molar-refractivity contribution >= 4 is 21.7 Å². The largest absolute Gasteiger partial charge is 0.370 e. The van der Waals surface area contributed by atoms with Crippen LogP contribution in [0.3, 0.4) is 0 Å². The molecule has 1 fully saturated rings. The Bertz CT molecular complexity index is 436. The summed E-state index contributed by atoms with van der Waals surface area (Å²) < 4.78 is 18.9. The van der Waals surface area contributed by atoms with Crippen LogP contribution in [0.5, 0.6) is 0 Å². The van der Waals surface area contributed by atoms with E-state index in [4.69, 9.17) is 4.74 Å². The molecule has 0 saturated heterocycles. The van der Waals surface area contributed by atoms with E-state index in [1.165, 1.54) is 12.1 Å². The second-order valence-electron chi connectivity index (χ2n) is 4.39. The molecule has 1 aliphatic rings. The molecule has 0 atom stereocenters. The number of methoxy groups -OCH3 is 1. The highest BCUT2D eigenvalue weighted by atomic mass is 79.9. The Kier molecular flexibility index (Phi) is 3.64. The maximum atomic E-state index is 12.9. The van der Waals surface area contributed by atoms with Crippen molar-refractivity contribution in [2.24, 2.45) is 0 Å². The molecular weight excluding hydrogens is 287 g/mol. The fraction of sp³-hybridized carbons (Fsp3) is 0.462. The smallest absolute Gasteiger partial charge is 0.168 e. The Morgan fingerprint density at radius 2 is 2.24 bits per heavy atom. The third kappa shape index (κ3) is 2.43. The molecular formula is C13H14BrFO2. The lowest BCUT2D eigenvalue weighted by Crippen LogP contribution is -2.47. The van der Waals surface area contributed by atoms with Crippen LogP contribution in [0.2, 0.25) is 0 Å². The zero-order chi connectivity index (χ0) is 12.5. The molecule has 1 saturated carbocycles. The number of ketones is 1. The third-order valence-electron chi connectivity index (χ3n) is 3.43. The highest BCUT2D eigenvalue weighted by Gasteiger charge is 2.43. The summed E-state index contributed by atoms with van der Waals surface area (Å²) in [7, 11) is 1.58. The highest BCUT2D eigenvalue weighted by Crippen LogP contribution is 2.37. The van der Waals surface area contributed by atoms with Crippen molar-refractivity contribution in [2.45, 2.75) is 31.3 Å². The first kappa shape index (κ1) is 12.7. The van der Waals surface area contributed by atoms with Gasteiger partial charge in [-0.15, -0.1) is 0 Å². The number of carbonyl (C=O) groups excluding carboxylic acids is 1. The van der Waals surface area contributed by atoms with Crippen LogP contribution in [0.1, 0.15) is 24.8 Å². The fourth-order valence-corrected chi connectivity index (χ4v) is 2.58. The van der Waals surface area contributed by atoms with E-state index in [-0.39, 0.29) is 18.0 Å². The van der Waals surface area contributed by atoms with Gasteiger partial charge in [0, 0.05) is 18.0 Å². The number of benzene rings is 1. The van der Waals surface area contributed by atoms with E-state index in [0.717, 1.165) is 24.8 Å². The van der Waals surface area contributed by atoms with Crippen LogP contribution < -0.4 is 0 Å². The molecule has 0 heterocycles. The number of halogens is 2. The van der Waals surface area contributed by atoms with Crippen LogP contribution in [0, 0.1) is 5.82 Å². The van der Waals surface area contributed by atoms with Crippen molar-refractivity contribution in [3.63, 3.8) is 0 Å². The average Bonchev–Trinajstić information content (AvgIpc) is 2.21. The summed E-state index contributed by atoms with van der Waals surface area (Å²) in [6.07, 6.45) is 2.90. The Morgan fingerprint density at radius 1 is 1.53 bits per heavy atom. The van der Waals surface area contributed by atoms with Gasteiger partial charge in [-0.2, -0.15) is 0 Å². The SMILES string of the molecule is COC1(C(=O)Cc2ccc(F)cc2Br)CCC1. The number of rotatable bonds is 4. The van der Waals surface area contributed by atoms with E-state index in [2.05, 4.69) is 15.9 Å². The van der Waals surface area contributed by atoms with Crippen molar-refractivity contribution in [1.82, 2.24) is 0 Å². The topological polar surface area (TPSA) is 26.3 Å². The van der Waals surface area contributed by atoms with Gasteiger partial charge in [-0.25, -0.2) is 4.39 Å². The van der Waals surface area contributed by atoms with Gasteiger partial charge >= 0.3 is 0 Å². The van der Waals surface area contributed by atoms with Crippen LogP contribution in [0.4, 0.5) is 4.39 Å². The van der Waals surface area contributed by atoms with Gasteiger partial charge in [0.1, 0.15) is 11.4 Å². The molecule has 2 rings (SSSR count). The summed E-state index contributed by atoms with van der Waals surface area (Å²) in [5.74, 6) is -0.225. The van der Waals surface area contributed by atoms with Gasteiger partial charge in [0.15, 0.2) is 5.78 Å². The molecule has 0 spiro atoms. The predicted molar refractivity (Wildman–Crippen MR) is 66.4 cm³/mol. The number of Topliss-reactive ketones (excluding diaryl/α,β-unsaturated/α-hetero) is 1. The monoisotopic (exact) mass is 300 g/mol. The molecule has 0 aliphatic heterocycles. The van der Waals surface area contributed by atoms with Crippen molar-refractivity contribution < 1.29 is 13.9 Å². The molecule has 0 aromatic heterocycles. The molecule has 4 heteroatoms. The lowest BCUT2D eigenvalue weighted by molar-refractivity contribution is -0.151. The maximum Gasteiger partial charge on any atom is 0.168 e. The number of hydrogen-bond donors (Lipinski definition) is 0. The first-order valence-electron chi connectivity index (χ1n) is 5.60. The molecule has 0 amide bonds. The molecule has 92 valence electrons. The minimum Gasteiger partial charge on any atom is -0.370 e. The van der Waals surface area contributed by atoms with E-state index in [1.54, 1.807) is 13.2 Å². The third-order valence-corrected chi connectivity index (χ3v) is 4.16. The minimum atomic E-state index is -0.589. The predicted octanol–water partition coefficient (Wildman–Crippen LogP) is 3.27. The molecule has 1 aromatic carbocycles. The highest BCUT2D eigenvalue weighted by molar-refractivity contribution is 9.10. The van der Waals surface area contributed by atoms with E-state index in [9.17, 15) is 9.18 Å². The molecule has 0 bridgehead atoms. The fourth-order valence-electron chi connectivity index (χ4n) is 2.09. The zero-order valence-electron chi connectivity index (χ0n) is 9.63. The van der Waals surface area contributed by atoms with E-state index < -0.39 is 5.60 Å². The van der Waals surface area contributed by atoms with Crippen molar-refractivity contribution in [1.29, 1.82) is 0 Å². The summed E-state index contributed by atoms with van der Waals surface area (Å²) in [6.45, 7) is 0. The van der Waals surface area contributed by atoms with Crippen molar-refractivity contribution in [3.05, 3.63) is 34.1 Å². The molecule has 0 N–H and O–H groups in total. The number of ether oxygens (including phenoxy) is 1. The second kappa shape index (κ2) is 4.86. The van der Waals surface area contributed by atoms with Crippen LogP contribution in [0.15, 0.2) is 22.7 Å². The summed E-state index contributed by atoms with van der Waals surface area (Å²) in [4.78, 5) is 12.1. The van der Waals surface area contributed by atoms with Crippen LogP contribution in [-0.2, 0) is 16.0 Å². The average molecular weight is 301 g/mol. The molecule has 1 aromatic rings. The summed E-state index contributed by atoms with van der Waals surface area (Å²) >= 11 is 3.27. The molecule has 2 nitrogen and oxygen atoms in total. The van der Waals surface area contributed by atoms with Crippen molar-refractivity contribution in [3.8, 4) is 0 Å². The maximum absolute atomic E-state index is 12.9. The lowest BCUT2D eigenvalue weighted by atomic mass is 9.75. The Morgan fingerprint density at radius 3 is 2.71 bits per heavy atom. The summed E-state index contributed by atoms with van der Waals surface area (Å²) in [5.41, 5.74) is 0.216. The minimum absolute atomic E-state index is 0.0820. The number of hydrogen-bond acceptors (Lipinski definition) is 2. The van der Waals surface area contributed by atoms with Gasteiger partial charge in [-0.1, -0.05) is 22.0 Å². The van der Waals surface area contributed by atoms with Gasteiger partial charge < -0.3 is 4.74 Å². The number of carbonyl (C=O) groups is 1. The Labute approximate surface area is 108 Å². The van der Waals surface area contributed by atoms with Gasteiger partial charge in [-0.3, -0.25) is 4.79 Å². The quantitative estimate of drug-likeness (QED) is 0.853. The first-order chi connectivity index (χ1) is 8.07. The Hall–Kier alpha value is -0.740. The summed E-state index contributed by atoms with van der Waals surface area (Å²) in [6, 6.07) is 4.38. The van der Waals surface area contributed by atoms with E-state index in [1.807, 2.05) is 0 Å². The van der Waals surface area contributed by atoms with Gasteiger partial charge in [0.05, 0.1) is 0 Å². The molecule has 0 radical (unpaired) electrons. The standard InChI is InChI=1S/C13H14BrFO2/c1-17-13(5-2-6-13)12(16)7-9-3-4-10(15)8-11(9)14/h3-4,8H,2,5-7H2,1H3. The molecule has 17 heavy (non-hydrogen) atoms. The lowest BCUT2D eigenvalue weighted by Gasteiger charge is -2.38. The van der Waals surface area contributed by atoms with Gasteiger partial charge in [-0.05, 0) is 37.0 Å². The van der Waals surface area contributed by atoms with Crippen LogP contribution in [0.25, 0.3) is 0 Å². The van der Waals surface area contributed by atoms with E-state index in [0.29, 0.717) is 4.47 Å². The van der Waals surface area contributed by atoms with E-state index >= 15 is 0 Å². The van der Waals surface area contributed by atoms with Gasteiger partial charge in [0.2, 0.25) is 0 Å². The first-order valence-corrected chi connectivity index (χ1v) is 6.39. The van der Waals surface area contributed by atoms with Crippen LogP contribution >= 0.6 is 15.9 Å². The van der Waals surface area contributed by atoms with Crippen LogP contribution in [-0.4, -0.2) is 18.5 Å². The molecule has 1 aliphatic carbocycles. The van der Waals surface area contributed by atoms with Crippen molar-refractivity contribution in [2.75, 3.05) is 7.11 Å². The zero-order valence-corrected chi connectivity index (χ0v) is 11.2. The molecule has 0 unspecified atom stereocenters. The van der Waals surface area contributed by atoms with Gasteiger partial charge in [0.25, 0.3) is 0 Å². The normalized spacial score (nSPS) is 17.6. The Balaban J connectivity index is 2.13.